The minimum Gasteiger partial charge on any atom is -0.496 e. The first kappa shape index (κ1) is 15.4. The van der Waals surface area contributed by atoms with E-state index in [1.807, 2.05) is 6.92 Å². The number of carbonyl (C=O) groups excluding carboxylic acids is 1. The molecule has 0 bridgehead atoms. The Labute approximate surface area is 113 Å². The average Bonchev–Trinajstić information content (AvgIpc) is 2.39. The van der Waals surface area contributed by atoms with E-state index in [4.69, 9.17) is 10.5 Å². The fraction of sp³-hybridized carbons (Fsp3) is 0.500. The SMILES string of the molecule is COc1ccc(F)cc1CCNC(=O)C(C)CCN. The zero-order valence-corrected chi connectivity index (χ0v) is 11.4. The lowest BCUT2D eigenvalue weighted by molar-refractivity contribution is -0.124. The summed E-state index contributed by atoms with van der Waals surface area (Å²) in [4.78, 5) is 11.7. The maximum atomic E-state index is 13.1. The quantitative estimate of drug-likeness (QED) is 0.787. The Kier molecular flexibility index (Phi) is 6.29. The van der Waals surface area contributed by atoms with Crippen molar-refractivity contribution in [3.05, 3.63) is 29.6 Å². The van der Waals surface area contributed by atoms with Gasteiger partial charge in [-0.05, 0) is 43.1 Å². The minimum absolute atomic E-state index is 0.0270. The first-order chi connectivity index (χ1) is 9.08. The molecule has 0 saturated carbocycles. The molecule has 0 spiro atoms. The third kappa shape index (κ3) is 4.87. The Morgan fingerprint density at radius 1 is 1.53 bits per heavy atom. The van der Waals surface area contributed by atoms with E-state index in [2.05, 4.69) is 5.32 Å². The molecule has 1 unspecified atom stereocenters. The molecule has 1 amide bonds. The number of rotatable bonds is 7. The summed E-state index contributed by atoms with van der Waals surface area (Å²) in [6.07, 6.45) is 1.19. The molecule has 19 heavy (non-hydrogen) atoms. The van der Waals surface area contributed by atoms with Crippen LogP contribution in [0.25, 0.3) is 0 Å². The summed E-state index contributed by atoms with van der Waals surface area (Å²) in [6.45, 7) is 2.78. The van der Waals surface area contributed by atoms with Crippen molar-refractivity contribution in [3.63, 3.8) is 0 Å². The van der Waals surface area contributed by atoms with E-state index < -0.39 is 0 Å². The van der Waals surface area contributed by atoms with Gasteiger partial charge < -0.3 is 15.8 Å². The van der Waals surface area contributed by atoms with Crippen LogP contribution < -0.4 is 15.8 Å². The highest BCUT2D eigenvalue weighted by Crippen LogP contribution is 2.19. The second-order valence-electron chi connectivity index (χ2n) is 4.48. The monoisotopic (exact) mass is 268 g/mol. The van der Waals surface area contributed by atoms with Gasteiger partial charge in [-0.3, -0.25) is 4.79 Å². The molecule has 1 rings (SSSR count). The van der Waals surface area contributed by atoms with E-state index in [-0.39, 0.29) is 17.6 Å². The van der Waals surface area contributed by atoms with E-state index in [9.17, 15) is 9.18 Å². The lowest BCUT2D eigenvalue weighted by Crippen LogP contribution is -2.32. The van der Waals surface area contributed by atoms with Gasteiger partial charge in [-0.2, -0.15) is 0 Å². The number of hydrogen-bond acceptors (Lipinski definition) is 3. The molecule has 0 aliphatic carbocycles. The summed E-state index contributed by atoms with van der Waals surface area (Å²) >= 11 is 0. The van der Waals surface area contributed by atoms with Gasteiger partial charge in [0, 0.05) is 12.5 Å². The number of hydrogen-bond donors (Lipinski definition) is 2. The zero-order valence-electron chi connectivity index (χ0n) is 11.4. The fourth-order valence-electron chi connectivity index (χ4n) is 1.82. The molecule has 0 heterocycles. The maximum Gasteiger partial charge on any atom is 0.222 e. The topological polar surface area (TPSA) is 64.3 Å². The first-order valence-corrected chi connectivity index (χ1v) is 6.38. The van der Waals surface area contributed by atoms with Crippen LogP contribution in [0, 0.1) is 11.7 Å². The van der Waals surface area contributed by atoms with Crippen molar-refractivity contribution in [1.82, 2.24) is 5.32 Å². The van der Waals surface area contributed by atoms with Crippen molar-refractivity contribution < 1.29 is 13.9 Å². The molecule has 0 saturated heterocycles. The molecular weight excluding hydrogens is 247 g/mol. The van der Waals surface area contributed by atoms with Crippen molar-refractivity contribution in [2.75, 3.05) is 20.2 Å². The van der Waals surface area contributed by atoms with Crippen molar-refractivity contribution in [2.45, 2.75) is 19.8 Å². The lowest BCUT2D eigenvalue weighted by Gasteiger charge is -2.12. The Morgan fingerprint density at radius 3 is 2.89 bits per heavy atom. The van der Waals surface area contributed by atoms with Gasteiger partial charge in [0.25, 0.3) is 0 Å². The first-order valence-electron chi connectivity index (χ1n) is 6.38. The number of nitrogens with two attached hydrogens (primary N) is 1. The molecule has 1 aromatic carbocycles. The number of carbonyl (C=O) groups is 1. The molecule has 0 fully saturated rings. The van der Waals surface area contributed by atoms with Gasteiger partial charge in [-0.15, -0.1) is 0 Å². The molecule has 0 aliphatic heterocycles. The van der Waals surface area contributed by atoms with Gasteiger partial charge >= 0.3 is 0 Å². The van der Waals surface area contributed by atoms with E-state index in [0.717, 1.165) is 5.56 Å². The Morgan fingerprint density at radius 2 is 2.26 bits per heavy atom. The van der Waals surface area contributed by atoms with Crippen molar-refractivity contribution >= 4 is 5.91 Å². The molecule has 106 valence electrons. The average molecular weight is 268 g/mol. The van der Waals surface area contributed by atoms with Crippen LogP contribution in [0.3, 0.4) is 0 Å². The fourth-order valence-corrected chi connectivity index (χ4v) is 1.82. The molecule has 0 radical (unpaired) electrons. The smallest absolute Gasteiger partial charge is 0.222 e. The summed E-state index contributed by atoms with van der Waals surface area (Å²) in [5, 5.41) is 2.81. The van der Waals surface area contributed by atoms with Crippen molar-refractivity contribution in [2.24, 2.45) is 11.7 Å². The van der Waals surface area contributed by atoms with Gasteiger partial charge in [0.15, 0.2) is 0 Å². The standard InChI is InChI=1S/C14H21FN2O2/c1-10(5-7-16)14(18)17-8-6-11-9-12(15)3-4-13(11)19-2/h3-4,9-10H,5-8,16H2,1-2H3,(H,17,18). The third-order valence-corrected chi connectivity index (χ3v) is 2.98. The highest BCUT2D eigenvalue weighted by atomic mass is 19.1. The summed E-state index contributed by atoms with van der Waals surface area (Å²) in [5.41, 5.74) is 6.15. The Bertz CT molecular complexity index is 424. The predicted octanol–water partition coefficient (Wildman–Crippen LogP) is 1.48. The molecular formula is C14H21FN2O2. The van der Waals surface area contributed by atoms with Crippen LogP contribution in [0.15, 0.2) is 18.2 Å². The van der Waals surface area contributed by atoms with Gasteiger partial charge in [-0.25, -0.2) is 4.39 Å². The van der Waals surface area contributed by atoms with E-state index in [0.29, 0.717) is 31.7 Å². The largest absolute Gasteiger partial charge is 0.496 e. The van der Waals surface area contributed by atoms with Gasteiger partial charge in [0.1, 0.15) is 11.6 Å². The second kappa shape index (κ2) is 7.74. The minimum atomic E-state index is -0.307. The second-order valence-corrected chi connectivity index (χ2v) is 4.48. The number of amides is 1. The highest BCUT2D eigenvalue weighted by molar-refractivity contribution is 5.78. The van der Waals surface area contributed by atoms with E-state index in [1.54, 1.807) is 13.2 Å². The van der Waals surface area contributed by atoms with Crippen LogP contribution in [-0.2, 0) is 11.2 Å². The van der Waals surface area contributed by atoms with Crippen molar-refractivity contribution in [1.29, 1.82) is 0 Å². The van der Waals surface area contributed by atoms with Gasteiger partial charge in [0.2, 0.25) is 5.91 Å². The number of nitrogens with one attached hydrogen (secondary N) is 1. The summed E-state index contributed by atoms with van der Waals surface area (Å²) in [7, 11) is 1.54. The Balaban J connectivity index is 2.49. The molecule has 4 nitrogen and oxygen atoms in total. The van der Waals surface area contributed by atoms with Gasteiger partial charge in [0.05, 0.1) is 7.11 Å². The number of methoxy groups -OCH3 is 1. The summed E-state index contributed by atoms with van der Waals surface area (Å²) < 4.78 is 18.3. The summed E-state index contributed by atoms with van der Waals surface area (Å²) in [6, 6.07) is 4.36. The van der Waals surface area contributed by atoms with E-state index >= 15 is 0 Å². The van der Waals surface area contributed by atoms with Crippen LogP contribution in [0.1, 0.15) is 18.9 Å². The molecule has 3 N–H and O–H groups in total. The van der Waals surface area contributed by atoms with Crippen LogP contribution in [0.2, 0.25) is 0 Å². The zero-order chi connectivity index (χ0) is 14.3. The maximum absolute atomic E-state index is 13.1. The lowest BCUT2D eigenvalue weighted by atomic mass is 10.1. The van der Waals surface area contributed by atoms with Crippen LogP contribution in [0.4, 0.5) is 4.39 Å². The van der Waals surface area contributed by atoms with Crippen LogP contribution >= 0.6 is 0 Å². The Hall–Kier alpha value is -1.62. The summed E-state index contributed by atoms with van der Waals surface area (Å²) in [5.74, 6) is 0.199. The molecule has 5 heteroatoms. The molecule has 0 aliphatic rings. The molecule has 1 atom stereocenters. The normalized spacial score (nSPS) is 12.0. The molecule has 1 aromatic rings. The number of ether oxygens (including phenoxy) is 1. The van der Waals surface area contributed by atoms with E-state index in [1.165, 1.54) is 12.1 Å². The molecule has 0 aromatic heterocycles. The number of benzene rings is 1. The van der Waals surface area contributed by atoms with Crippen LogP contribution in [-0.4, -0.2) is 26.1 Å². The highest BCUT2D eigenvalue weighted by Gasteiger charge is 2.11. The predicted molar refractivity (Wildman–Crippen MR) is 72.5 cm³/mol. The van der Waals surface area contributed by atoms with Crippen LogP contribution in [0.5, 0.6) is 5.75 Å². The third-order valence-electron chi connectivity index (χ3n) is 2.98. The van der Waals surface area contributed by atoms with Crippen molar-refractivity contribution in [3.8, 4) is 5.75 Å². The number of halogens is 1. The van der Waals surface area contributed by atoms with Gasteiger partial charge in [-0.1, -0.05) is 6.92 Å².